The number of hydrogen-bond acceptors (Lipinski definition) is 3. The number of nitriles is 1. The fourth-order valence-electron chi connectivity index (χ4n) is 1.35. The van der Waals surface area contributed by atoms with Crippen LogP contribution in [0.1, 0.15) is 12.8 Å². The maximum Gasteiger partial charge on any atom is 0.211 e. The van der Waals surface area contributed by atoms with Crippen LogP contribution in [0.4, 0.5) is 0 Å². The molecular weight excluding hydrogens is 176 g/mol. The van der Waals surface area contributed by atoms with Crippen molar-refractivity contribution in [3.05, 3.63) is 0 Å². The Bertz CT molecular complexity index is 291. The van der Waals surface area contributed by atoms with Gasteiger partial charge in [-0.1, -0.05) is 0 Å². The van der Waals surface area contributed by atoms with E-state index in [-0.39, 0.29) is 5.92 Å². The lowest BCUT2D eigenvalue weighted by molar-refractivity contribution is 0.307. The summed E-state index contributed by atoms with van der Waals surface area (Å²) >= 11 is 0. The molecule has 1 saturated heterocycles. The highest BCUT2D eigenvalue weighted by molar-refractivity contribution is 7.88. The van der Waals surface area contributed by atoms with Crippen molar-refractivity contribution < 1.29 is 8.42 Å². The summed E-state index contributed by atoms with van der Waals surface area (Å²) in [5, 5.41) is 8.60. The van der Waals surface area contributed by atoms with Gasteiger partial charge >= 0.3 is 0 Å². The summed E-state index contributed by atoms with van der Waals surface area (Å²) in [7, 11) is -3.09. The van der Waals surface area contributed by atoms with Gasteiger partial charge in [0.15, 0.2) is 0 Å². The van der Waals surface area contributed by atoms with Gasteiger partial charge in [-0.05, 0) is 12.8 Å². The molecule has 1 rings (SSSR count). The Kier molecular flexibility index (Phi) is 2.70. The average Bonchev–Trinajstić information content (AvgIpc) is 2.03. The average molecular weight is 188 g/mol. The summed E-state index contributed by atoms with van der Waals surface area (Å²) in [6.45, 7) is 0.937. The summed E-state index contributed by atoms with van der Waals surface area (Å²) < 4.78 is 23.5. The highest BCUT2D eigenvalue weighted by Crippen LogP contribution is 2.17. The van der Waals surface area contributed by atoms with Gasteiger partial charge in [0.25, 0.3) is 0 Å². The Morgan fingerprint density at radius 1 is 1.58 bits per heavy atom. The van der Waals surface area contributed by atoms with Crippen molar-refractivity contribution in [2.75, 3.05) is 19.3 Å². The minimum Gasteiger partial charge on any atom is -0.213 e. The van der Waals surface area contributed by atoms with Crippen LogP contribution in [-0.2, 0) is 10.0 Å². The molecule has 1 aliphatic rings. The number of sulfonamides is 1. The van der Waals surface area contributed by atoms with Crippen molar-refractivity contribution in [2.45, 2.75) is 12.8 Å². The zero-order chi connectivity index (χ0) is 9.19. The molecule has 0 N–H and O–H groups in total. The van der Waals surface area contributed by atoms with Gasteiger partial charge in [0, 0.05) is 13.1 Å². The molecule has 12 heavy (non-hydrogen) atoms. The Morgan fingerprint density at radius 2 is 2.25 bits per heavy atom. The molecule has 0 amide bonds. The standard InChI is InChI=1S/C7H12N2O2S/c1-12(10,11)9-4-2-3-7(5-8)6-9/h7H,2-4,6H2,1H3/t7-/m0/s1. The van der Waals surface area contributed by atoms with Gasteiger partial charge < -0.3 is 0 Å². The lowest BCUT2D eigenvalue weighted by atomic mass is 10.0. The van der Waals surface area contributed by atoms with E-state index < -0.39 is 10.0 Å². The van der Waals surface area contributed by atoms with Crippen LogP contribution in [0.15, 0.2) is 0 Å². The molecule has 0 aromatic carbocycles. The predicted molar refractivity (Wildman–Crippen MR) is 44.8 cm³/mol. The zero-order valence-corrected chi connectivity index (χ0v) is 7.84. The van der Waals surface area contributed by atoms with E-state index in [1.807, 2.05) is 0 Å². The molecule has 5 heteroatoms. The van der Waals surface area contributed by atoms with Crippen LogP contribution in [0, 0.1) is 17.2 Å². The quantitative estimate of drug-likeness (QED) is 0.589. The molecule has 0 unspecified atom stereocenters. The third kappa shape index (κ3) is 2.19. The maximum absolute atomic E-state index is 11.1. The van der Waals surface area contributed by atoms with E-state index in [0.29, 0.717) is 13.1 Å². The largest absolute Gasteiger partial charge is 0.213 e. The van der Waals surface area contributed by atoms with Crippen LogP contribution < -0.4 is 0 Å². The Balaban J connectivity index is 2.66. The highest BCUT2D eigenvalue weighted by atomic mass is 32.2. The fourth-order valence-corrected chi connectivity index (χ4v) is 2.26. The fraction of sp³-hybridized carbons (Fsp3) is 0.857. The van der Waals surface area contributed by atoms with E-state index in [1.165, 1.54) is 10.6 Å². The molecule has 0 radical (unpaired) electrons. The summed E-state index contributed by atoms with van der Waals surface area (Å²) in [5.41, 5.74) is 0. The predicted octanol–water partition coefficient (Wildman–Crippen LogP) is 0.182. The van der Waals surface area contributed by atoms with Gasteiger partial charge in [0.1, 0.15) is 0 Å². The second kappa shape index (κ2) is 3.42. The Hall–Kier alpha value is -0.600. The van der Waals surface area contributed by atoms with Gasteiger partial charge in [0.2, 0.25) is 10.0 Å². The second-order valence-electron chi connectivity index (χ2n) is 3.09. The van der Waals surface area contributed by atoms with E-state index >= 15 is 0 Å². The third-order valence-electron chi connectivity index (χ3n) is 2.04. The first-order valence-electron chi connectivity index (χ1n) is 3.89. The van der Waals surface area contributed by atoms with E-state index in [1.54, 1.807) is 0 Å². The molecule has 0 aromatic heterocycles. The van der Waals surface area contributed by atoms with E-state index in [0.717, 1.165) is 12.8 Å². The number of nitrogens with zero attached hydrogens (tertiary/aromatic N) is 2. The molecule has 1 aliphatic heterocycles. The molecule has 0 aromatic rings. The minimum atomic E-state index is -3.09. The normalized spacial score (nSPS) is 26.5. The minimum absolute atomic E-state index is 0.117. The third-order valence-corrected chi connectivity index (χ3v) is 3.31. The first-order valence-corrected chi connectivity index (χ1v) is 5.73. The van der Waals surface area contributed by atoms with E-state index in [2.05, 4.69) is 6.07 Å². The lowest BCUT2D eigenvalue weighted by Gasteiger charge is -2.27. The molecule has 1 heterocycles. The zero-order valence-electron chi connectivity index (χ0n) is 7.02. The van der Waals surface area contributed by atoms with Crippen molar-refractivity contribution in [3.8, 4) is 6.07 Å². The molecule has 0 aliphatic carbocycles. The van der Waals surface area contributed by atoms with Crippen molar-refractivity contribution in [1.82, 2.24) is 4.31 Å². The first kappa shape index (κ1) is 9.49. The van der Waals surface area contributed by atoms with Gasteiger partial charge in [-0.3, -0.25) is 0 Å². The van der Waals surface area contributed by atoms with Crippen LogP contribution >= 0.6 is 0 Å². The molecule has 1 atom stereocenters. The summed E-state index contributed by atoms with van der Waals surface area (Å²) in [5.74, 6) is -0.117. The lowest BCUT2D eigenvalue weighted by Crippen LogP contribution is -2.38. The molecule has 0 saturated carbocycles. The summed E-state index contributed by atoms with van der Waals surface area (Å²) in [6.07, 6.45) is 2.81. The van der Waals surface area contributed by atoms with Gasteiger partial charge in [-0.25, -0.2) is 12.7 Å². The van der Waals surface area contributed by atoms with E-state index in [9.17, 15) is 8.42 Å². The molecule has 1 fully saturated rings. The topological polar surface area (TPSA) is 61.2 Å². The molecule has 0 bridgehead atoms. The summed E-state index contributed by atoms with van der Waals surface area (Å²) in [6, 6.07) is 2.10. The van der Waals surface area contributed by atoms with Crippen LogP contribution in [0.25, 0.3) is 0 Å². The van der Waals surface area contributed by atoms with Gasteiger partial charge in [-0.15, -0.1) is 0 Å². The van der Waals surface area contributed by atoms with Crippen molar-refractivity contribution in [1.29, 1.82) is 5.26 Å². The van der Waals surface area contributed by atoms with Gasteiger partial charge in [-0.2, -0.15) is 5.26 Å². The van der Waals surface area contributed by atoms with Crippen molar-refractivity contribution in [3.63, 3.8) is 0 Å². The second-order valence-corrected chi connectivity index (χ2v) is 5.07. The molecule has 0 spiro atoms. The van der Waals surface area contributed by atoms with Crippen LogP contribution in [0.5, 0.6) is 0 Å². The van der Waals surface area contributed by atoms with Crippen molar-refractivity contribution >= 4 is 10.0 Å². The van der Waals surface area contributed by atoms with Crippen LogP contribution in [-0.4, -0.2) is 32.1 Å². The van der Waals surface area contributed by atoms with Gasteiger partial charge in [0.05, 0.1) is 18.2 Å². The van der Waals surface area contributed by atoms with Crippen LogP contribution in [0.2, 0.25) is 0 Å². The highest BCUT2D eigenvalue weighted by Gasteiger charge is 2.25. The number of piperidine rings is 1. The molecular formula is C7H12N2O2S. The first-order chi connectivity index (χ1) is 5.54. The summed E-state index contributed by atoms with van der Waals surface area (Å²) in [4.78, 5) is 0. The smallest absolute Gasteiger partial charge is 0.211 e. The Morgan fingerprint density at radius 3 is 2.75 bits per heavy atom. The SMILES string of the molecule is CS(=O)(=O)N1CCC[C@@H](C#N)C1. The Labute approximate surface area is 72.8 Å². The van der Waals surface area contributed by atoms with Crippen LogP contribution in [0.3, 0.4) is 0 Å². The molecule has 4 nitrogen and oxygen atoms in total. The maximum atomic E-state index is 11.1. The number of hydrogen-bond donors (Lipinski definition) is 0. The molecule has 68 valence electrons. The van der Waals surface area contributed by atoms with Crippen molar-refractivity contribution in [2.24, 2.45) is 5.92 Å². The van der Waals surface area contributed by atoms with E-state index in [4.69, 9.17) is 5.26 Å². The number of rotatable bonds is 1. The monoisotopic (exact) mass is 188 g/mol.